The lowest BCUT2D eigenvalue weighted by Gasteiger charge is -2.35. The number of carbonyl (C=O) groups excluding carboxylic acids is 2. The van der Waals surface area contributed by atoms with E-state index in [9.17, 15) is 9.59 Å². The summed E-state index contributed by atoms with van der Waals surface area (Å²) in [5.74, 6) is 0. The first kappa shape index (κ1) is 14.7. The Labute approximate surface area is 133 Å². The number of hydrogen-bond donors (Lipinski definition) is 0. The number of amides is 1. The monoisotopic (exact) mass is 312 g/mol. The van der Waals surface area contributed by atoms with Gasteiger partial charge >= 0.3 is 0 Å². The number of para-hydroxylation sites is 2. The first-order chi connectivity index (χ1) is 10.7. The van der Waals surface area contributed by atoms with Crippen molar-refractivity contribution in [2.75, 3.05) is 18.5 Å². The van der Waals surface area contributed by atoms with E-state index in [1.54, 1.807) is 18.8 Å². The summed E-state index contributed by atoms with van der Waals surface area (Å²) in [5, 5.41) is 0. The molecule has 112 valence electrons. The van der Waals surface area contributed by atoms with Gasteiger partial charge in [-0.15, -0.1) is 0 Å². The van der Waals surface area contributed by atoms with Gasteiger partial charge in [-0.05, 0) is 24.3 Å². The van der Waals surface area contributed by atoms with Crippen LogP contribution in [0.1, 0.15) is 0 Å². The number of likely N-dealkylation sites (N-methyl/N-ethyl adjacent to an activating group) is 1. The zero-order valence-corrected chi connectivity index (χ0v) is 13.0. The fraction of sp³-hybridized carbons (Fsp3) is 0.176. The van der Waals surface area contributed by atoms with E-state index in [4.69, 9.17) is 0 Å². The summed E-state index contributed by atoms with van der Waals surface area (Å²) >= 11 is 1.72. The van der Waals surface area contributed by atoms with Crippen molar-refractivity contribution in [3.63, 3.8) is 0 Å². The third kappa shape index (κ3) is 2.60. The van der Waals surface area contributed by atoms with Gasteiger partial charge in [0.2, 0.25) is 6.41 Å². The number of aldehydes is 1. The molecule has 1 heterocycles. The lowest BCUT2D eigenvalue weighted by atomic mass is 10.2. The first-order valence-electron chi connectivity index (χ1n) is 7.00. The minimum Gasteiger partial charge on any atom is -0.337 e. The molecule has 0 N–H and O–H groups in total. The maximum Gasteiger partial charge on any atom is 0.210 e. The van der Waals surface area contributed by atoms with Crippen LogP contribution in [0.4, 0.5) is 11.4 Å². The van der Waals surface area contributed by atoms with Gasteiger partial charge in [-0.25, -0.2) is 0 Å². The maximum atomic E-state index is 11.4. The number of fused-ring (bicyclic) bond motifs is 2. The Morgan fingerprint density at radius 1 is 1.05 bits per heavy atom. The van der Waals surface area contributed by atoms with E-state index in [0.29, 0.717) is 13.0 Å². The predicted octanol–water partition coefficient (Wildman–Crippen LogP) is 2.95. The average Bonchev–Trinajstić information content (AvgIpc) is 2.58. The standard InChI is InChI=1S/C17H16N2O2S/c1-18(12-21)13(11-20)10-19-14-6-2-4-8-16(14)22-17-9-5-3-7-15(17)19/h2-9,11-13H,10H2,1H3/t13-/m0/s1. The Hall–Kier alpha value is -2.27. The Balaban J connectivity index is 2.02. The van der Waals surface area contributed by atoms with Crippen molar-refractivity contribution in [3.05, 3.63) is 48.5 Å². The number of carbonyl (C=O) groups is 2. The summed E-state index contributed by atoms with van der Waals surface area (Å²) in [4.78, 5) is 28.2. The summed E-state index contributed by atoms with van der Waals surface area (Å²) in [5.41, 5.74) is 2.13. The van der Waals surface area contributed by atoms with Crippen LogP contribution in [-0.4, -0.2) is 37.2 Å². The summed E-state index contributed by atoms with van der Waals surface area (Å²) < 4.78 is 0. The van der Waals surface area contributed by atoms with Crippen molar-refractivity contribution in [1.82, 2.24) is 4.90 Å². The third-order valence-corrected chi connectivity index (χ3v) is 4.88. The molecule has 2 aromatic carbocycles. The van der Waals surface area contributed by atoms with Gasteiger partial charge in [0.25, 0.3) is 0 Å². The summed E-state index contributed by atoms with van der Waals surface area (Å²) in [6.45, 7) is 0.438. The molecule has 0 spiro atoms. The summed E-state index contributed by atoms with van der Waals surface area (Å²) in [7, 11) is 1.63. The van der Waals surface area contributed by atoms with Crippen molar-refractivity contribution < 1.29 is 9.59 Å². The molecule has 0 fully saturated rings. The fourth-order valence-electron chi connectivity index (χ4n) is 2.51. The van der Waals surface area contributed by atoms with Crippen molar-refractivity contribution in [2.45, 2.75) is 15.8 Å². The summed E-state index contributed by atoms with van der Waals surface area (Å²) in [6, 6.07) is 15.7. The van der Waals surface area contributed by atoms with Crippen molar-refractivity contribution >= 4 is 35.8 Å². The zero-order chi connectivity index (χ0) is 15.5. The lowest BCUT2D eigenvalue weighted by Crippen LogP contribution is -2.41. The van der Waals surface area contributed by atoms with Crippen LogP contribution in [0.25, 0.3) is 0 Å². The highest BCUT2D eigenvalue weighted by Gasteiger charge is 2.26. The van der Waals surface area contributed by atoms with E-state index in [1.807, 2.05) is 36.4 Å². The molecule has 0 unspecified atom stereocenters. The van der Waals surface area contributed by atoms with Crippen LogP contribution < -0.4 is 4.90 Å². The van der Waals surface area contributed by atoms with Gasteiger partial charge in [-0.3, -0.25) is 4.79 Å². The number of anilines is 2. The zero-order valence-electron chi connectivity index (χ0n) is 12.2. The van der Waals surface area contributed by atoms with Crippen LogP contribution in [-0.2, 0) is 9.59 Å². The highest BCUT2D eigenvalue weighted by molar-refractivity contribution is 7.99. The van der Waals surface area contributed by atoms with E-state index < -0.39 is 6.04 Å². The molecular weight excluding hydrogens is 296 g/mol. The highest BCUT2D eigenvalue weighted by Crippen LogP contribution is 2.47. The Bertz CT molecular complexity index is 659. The minimum absolute atomic E-state index is 0.438. The quantitative estimate of drug-likeness (QED) is 0.796. The predicted molar refractivity (Wildman–Crippen MR) is 87.7 cm³/mol. The van der Waals surface area contributed by atoms with E-state index in [2.05, 4.69) is 17.0 Å². The second kappa shape index (κ2) is 6.23. The summed E-state index contributed by atoms with van der Waals surface area (Å²) in [6.07, 6.45) is 1.51. The minimum atomic E-state index is -0.485. The van der Waals surface area contributed by atoms with Crippen LogP contribution in [0.3, 0.4) is 0 Å². The van der Waals surface area contributed by atoms with E-state index in [0.717, 1.165) is 27.5 Å². The van der Waals surface area contributed by atoms with E-state index >= 15 is 0 Å². The first-order valence-corrected chi connectivity index (χ1v) is 7.82. The SMILES string of the molecule is CN(C=O)[C@H](C=O)CN1c2ccccc2Sc2ccccc21. The molecule has 0 saturated carbocycles. The number of rotatable bonds is 5. The number of hydrogen-bond acceptors (Lipinski definition) is 4. The second-order valence-corrected chi connectivity index (χ2v) is 6.21. The molecule has 1 aliphatic rings. The van der Waals surface area contributed by atoms with Crippen LogP contribution in [0.15, 0.2) is 58.3 Å². The van der Waals surface area contributed by atoms with Crippen LogP contribution in [0, 0.1) is 0 Å². The smallest absolute Gasteiger partial charge is 0.210 e. The molecule has 1 atom stereocenters. The normalized spacial score (nSPS) is 13.8. The molecule has 3 rings (SSSR count). The van der Waals surface area contributed by atoms with Gasteiger partial charge in [0.05, 0.1) is 17.9 Å². The van der Waals surface area contributed by atoms with Gasteiger partial charge < -0.3 is 14.6 Å². The van der Waals surface area contributed by atoms with Gasteiger partial charge in [0.1, 0.15) is 12.3 Å². The highest BCUT2D eigenvalue weighted by atomic mass is 32.2. The molecule has 5 heteroatoms. The number of nitrogens with zero attached hydrogens (tertiary/aromatic N) is 2. The van der Waals surface area contributed by atoms with E-state index in [1.165, 1.54) is 4.90 Å². The molecule has 4 nitrogen and oxygen atoms in total. The Morgan fingerprint density at radius 3 is 2.09 bits per heavy atom. The molecule has 1 aliphatic heterocycles. The van der Waals surface area contributed by atoms with Crippen molar-refractivity contribution in [2.24, 2.45) is 0 Å². The van der Waals surface area contributed by atoms with Crippen LogP contribution >= 0.6 is 11.8 Å². The molecule has 0 bridgehead atoms. The van der Waals surface area contributed by atoms with Crippen LogP contribution in [0.2, 0.25) is 0 Å². The molecule has 1 amide bonds. The molecule has 0 saturated heterocycles. The molecular formula is C17H16N2O2S. The lowest BCUT2D eigenvalue weighted by molar-refractivity contribution is -0.123. The molecule has 22 heavy (non-hydrogen) atoms. The van der Waals surface area contributed by atoms with Crippen LogP contribution in [0.5, 0.6) is 0 Å². The van der Waals surface area contributed by atoms with E-state index in [-0.39, 0.29) is 0 Å². The van der Waals surface area contributed by atoms with Gasteiger partial charge in [-0.2, -0.15) is 0 Å². The molecule has 0 radical (unpaired) electrons. The largest absolute Gasteiger partial charge is 0.337 e. The topological polar surface area (TPSA) is 40.6 Å². The van der Waals surface area contributed by atoms with Gasteiger partial charge in [0, 0.05) is 16.8 Å². The maximum absolute atomic E-state index is 11.4. The molecule has 0 aliphatic carbocycles. The Kier molecular flexibility index (Phi) is 4.15. The third-order valence-electron chi connectivity index (χ3n) is 3.75. The van der Waals surface area contributed by atoms with Crippen molar-refractivity contribution in [1.29, 1.82) is 0 Å². The molecule has 0 aromatic heterocycles. The second-order valence-electron chi connectivity index (χ2n) is 5.12. The number of benzene rings is 2. The fourth-order valence-corrected chi connectivity index (χ4v) is 3.61. The van der Waals surface area contributed by atoms with Gasteiger partial charge in [0.15, 0.2) is 0 Å². The van der Waals surface area contributed by atoms with Crippen molar-refractivity contribution in [3.8, 4) is 0 Å². The average molecular weight is 312 g/mol. The molecule has 2 aromatic rings. The Morgan fingerprint density at radius 2 is 1.59 bits per heavy atom. The van der Waals surface area contributed by atoms with Gasteiger partial charge in [-0.1, -0.05) is 36.0 Å².